The van der Waals surface area contributed by atoms with E-state index in [0.29, 0.717) is 5.56 Å². The zero-order valence-electron chi connectivity index (χ0n) is 12.8. The Bertz CT molecular complexity index is 405. The van der Waals surface area contributed by atoms with Gasteiger partial charge in [0.05, 0.1) is 12.7 Å². The van der Waals surface area contributed by atoms with Crippen molar-refractivity contribution in [3.05, 3.63) is 23.9 Å². The maximum Gasteiger partial charge on any atom is 0.338 e. The standard InChI is InChI=1S/C16H26N2O2/c1-13(2)8-6-4-5-7-10-17-15-12-14(9-11-18-15)16(19)20-3/h9,11-13H,4-8,10H2,1-3H3,(H,17,18). The van der Waals surface area contributed by atoms with Crippen LogP contribution in [-0.4, -0.2) is 24.6 Å². The number of anilines is 1. The van der Waals surface area contributed by atoms with E-state index in [1.165, 1.54) is 32.8 Å². The minimum atomic E-state index is -0.330. The molecule has 4 nitrogen and oxygen atoms in total. The fraction of sp³-hybridized carbons (Fsp3) is 0.625. The number of methoxy groups -OCH3 is 1. The number of rotatable bonds is 9. The van der Waals surface area contributed by atoms with Crippen molar-refractivity contribution >= 4 is 11.8 Å². The third-order valence-electron chi connectivity index (χ3n) is 3.20. The van der Waals surface area contributed by atoms with Gasteiger partial charge in [-0.3, -0.25) is 0 Å². The van der Waals surface area contributed by atoms with Crippen molar-refractivity contribution < 1.29 is 9.53 Å². The highest BCUT2D eigenvalue weighted by Gasteiger charge is 2.05. The first kappa shape index (κ1) is 16.5. The molecule has 1 N–H and O–H groups in total. The van der Waals surface area contributed by atoms with Crippen molar-refractivity contribution in [1.29, 1.82) is 0 Å². The Balaban J connectivity index is 2.20. The Labute approximate surface area is 121 Å². The van der Waals surface area contributed by atoms with Gasteiger partial charge in [-0.15, -0.1) is 0 Å². The zero-order valence-corrected chi connectivity index (χ0v) is 12.8. The van der Waals surface area contributed by atoms with Crippen molar-refractivity contribution in [2.24, 2.45) is 5.92 Å². The quantitative estimate of drug-likeness (QED) is 0.550. The number of aromatic nitrogens is 1. The van der Waals surface area contributed by atoms with E-state index >= 15 is 0 Å². The van der Waals surface area contributed by atoms with E-state index in [1.807, 2.05) is 0 Å². The summed E-state index contributed by atoms with van der Waals surface area (Å²) in [6.07, 6.45) is 7.90. The summed E-state index contributed by atoms with van der Waals surface area (Å²) >= 11 is 0. The number of carbonyl (C=O) groups is 1. The molecule has 0 spiro atoms. The van der Waals surface area contributed by atoms with Crippen LogP contribution in [0.15, 0.2) is 18.3 Å². The Morgan fingerprint density at radius 3 is 2.75 bits per heavy atom. The van der Waals surface area contributed by atoms with Gasteiger partial charge in [0.15, 0.2) is 0 Å². The van der Waals surface area contributed by atoms with Crippen molar-refractivity contribution in [1.82, 2.24) is 4.98 Å². The van der Waals surface area contributed by atoms with Crippen molar-refractivity contribution in [2.75, 3.05) is 19.0 Å². The summed E-state index contributed by atoms with van der Waals surface area (Å²) in [5.74, 6) is 1.21. The Morgan fingerprint density at radius 2 is 2.05 bits per heavy atom. The molecule has 0 radical (unpaired) electrons. The maximum atomic E-state index is 11.4. The highest BCUT2D eigenvalue weighted by atomic mass is 16.5. The molecule has 4 heteroatoms. The molecule has 1 heterocycles. The van der Waals surface area contributed by atoms with Crippen molar-refractivity contribution in [2.45, 2.75) is 46.0 Å². The summed E-state index contributed by atoms with van der Waals surface area (Å²) in [6.45, 7) is 5.42. The third-order valence-corrected chi connectivity index (χ3v) is 3.20. The first-order valence-electron chi connectivity index (χ1n) is 7.41. The second-order valence-corrected chi connectivity index (χ2v) is 5.44. The number of esters is 1. The number of nitrogens with zero attached hydrogens (tertiary/aromatic N) is 1. The maximum absolute atomic E-state index is 11.4. The van der Waals surface area contributed by atoms with E-state index in [4.69, 9.17) is 0 Å². The van der Waals surface area contributed by atoms with E-state index in [1.54, 1.807) is 18.3 Å². The molecule has 112 valence electrons. The SMILES string of the molecule is COC(=O)c1ccnc(NCCCCCCC(C)C)c1. The summed E-state index contributed by atoms with van der Waals surface area (Å²) in [5, 5.41) is 3.24. The van der Waals surface area contributed by atoms with E-state index in [2.05, 4.69) is 28.9 Å². The fourth-order valence-electron chi connectivity index (χ4n) is 2.02. The molecule has 0 atom stereocenters. The van der Waals surface area contributed by atoms with Gasteiger partial charge in [0.25, 0.3) is 0 Å². The average molecular weight is 278 g/mol. The first-order valence-corrected chi connectivity index (χ1v) is 7.41. The number of unbranched alkanes of at least 4 members (excludes halogenated alkanes) is 3. The Morgan fingerprint density at radius 1 is 1.30 bits per heavy atom. The molecule has 0 bridgehead atoms. The lowest BCUT2D eigenvalue weighted by Crippen LogP contribution is -2.06. The molecular weight excluding hydrogens is 252 g/mol. The van der Waals surface area contributed by atoms with Gasteiger partial charge in [-0.25, -0.2) is 9.78 Å². The van der Waals surface area contributed by atoms with Crippen LogP contribution in [0.1, 0.15) is 56.3 Å². The molecule has 0 saturated carbocycles. The molecule has 0 unspecified atom stereocenters. The molecule has 0 amide bonds. The Hall–Kier alpha value is -1.58. The smallest absolute Gasteiger partial charge is 0.338 e. The van der Waals surface area contributed by atoms with Crippen LogP contribution in [0.25, 0.3) is 0 Å². The summed E-state index contributed by atoms with van der Waals surface area (Å²) in [4.78, 5) is 15.6. The summed E-state index contributed by atoms with van der Waals surface area (Å²) in [6, 6.07) is 3.38. The minimum Gasteiger partial charge on any atom is -0.465 e. The van der Waals surface area contributed by atoms with Crippen LogP contribution in [0.2, 0.25) is 0 Å². The number of ether oxygens (including phenoxy) is 1. The minimum absolute atomic E-state index is 0.330. The molecule has 0 aromatic carbocycles. The second-order valence-electron chi connectivity index (χ2n) is 5.44. The first-order chi connectivity index (χ1) is 9.63. The molecule has 20 heavy (non-hydrogen) atoms. The lowest BCUT2D eigenvalue weighted by molar-refractivity contribution is 0.0600. The van der Waals surface area contributed by atoms with Crippen LogP contribution in [0.3, 0.4) is 0 Å². The molecule has 1 aromatic heterocycles. The van der Waals surface area contributed by atoms with Gasteiger partial charge < -0.3 is 10.1 Å². The second kappa shape index (κ2) is 9.34. The topological polar surface area (TPSA) is 51.2 Å². The molecule has 0 aliphatic rings. The van der Waals surface area contributed by atoms with Gasteiger partial charge in [0, 0.05) is 12.7 Å². The largest absolute Gasteiger partial charge is 0.465 e. The van der Waals surface area contributed by atoms with E-state index in [0.717, 1.165) is 24.7 Å². The van der Waals surface area contributed by atoms with Gasteiger partial charge in [0.2, 0.25) is 0 Å². The number of carbonyl (C=O) groups excluding carboxylic acids is 1. The predicted molar refractivity (Wildman–Crippen MR) is 82.0 cm³/mol. The summed E-state index contributed by atoms with van der Waals surface area (Å²) < 4.78 is 4.69. The van der Waals surface area contributed by atoms with Crippen molar-refractivity contribution in [3.8, 4) is 0 Å². The lowest BCUT2D eigenvalue weighted by Gasteiger charge is -2.07. The highest BCUT2D eigenvalue weighted by molar-refractivity contribution is 5.89. The van der Waals surface area contributed by atoms with Crippen molar-refractivity contribution in [3.63, 3.8) is 0 Å². The predicted octanol–water partition coefficient (Wildman–Crippen LogP) is 3.89. The number of hydrogen-bond acceptors (Lipinski definition) is 4. The zero-order chi connectivity index (χ0) is 14.8. The van der Waals surface area contributed by atoms with Crippen LogP contribution >= 0.6 is 0 Å². The highest BCUT2D eigenvalue weighted by Crippen LogP contribution is 2.11. The molecule has 1 aromatic rings. The number of nitrogens with one attached hydrogen (secondary N) is 1. The van der Waals surface area contributed by atoms with Crippen LogP contribution in [-0.2, 0) is 4.74 Å². The van der Waals surface area contributed by atoms with Gasteiger partial charge in [-0.05, 0) is 24.5 Å². The summed E-state index contributed by atoms with van der Waals surface area (Å²) in [7, 11) is 1.38. The average Bonchev–Trinajstić information content (AvgIpc) is 2.45. The molecule has 0 aliphatic carbocycles. The molecule has 0 fully saturated rings. The normalized spacial score (nSPS) is 10.6. The third kappa shape index (κ3) is 6.55. The van der Waals surface area contributed by atoms with Crippen LogP contribution in [0.5, 0.6) is 0 Å². The lowest BCUT2D eigenvalue weighted by atomic mass is 10.0. The number of hydrogen-bond donors (Lipinski definition) is 1. The monoisotopic (exact) mass is 278 g/mol. The van der Waals surface area contributed by atoms with Gasteiger partial charge in [-0.2, -0.15) is 0 Å². The van der Waals surface area contributed by atoms with E-state index < -0.39 is 0 Å². The fourth-order valence-corrected chi connectivity index (χ4v) is 2.02. The van der Waals surface area contributed by atoms with E-state index in [-0.39, 0.29) is 5.97 Å². The van der Waals surface area contributed by atoms with E-state index in [9.17, 15) is 4.79 Å². The summed E-state index contributed by atoms with van der Waals surface area (Å²) in [5.41, 5.74) is 0.530. The van der Waals surface area contributed by atoms with Gasteiger partial charge >= 0.3 is 5.97 Å². The van der Waals surface area contributed by atoms with Crippen LogP contribution < -0.4 is 5.32 Å². The molecule has 0 saturated heterocycles. The van der Waals surface area contributed by atoms with Gasteiger partial charge in [0.1, 0.15) is 5.82 Å². The van der Waals surface area contributed by atoms with Crippen LogP contribution in [0.4, 0.5) is 5.82 Å². The Kier molecular flexibility index (Phi) is 7.70. The number of pyridine rings is 1. The molecular formula is C16H26N2O2. The molecule has 1 rings (SSSR count). The van der Waals surface area contributed by atoms with Crippen LogP contribution in [0, 0.1) is 5.92 Å². The van der Waals surface area contributed by atoms with Gasteiger partial charge in [-0.1, -0.05) is 39.5 Å². The molecule has 0 aliphatic heterocycles.